The Morgan fingerprint density at radius 3 is 2.48 bits per heavy atom. The van der Waals surface area contributed by atoms with Crippen LogP contribution in [0.25, 0.3) is 21.8 Å². The van der Waals surface area contributed by atoms with Gasteiger partial charge in [0.2, 0.25) is 0 Å². The molecular weight excluding hydrogens is 278 g/mol. The first-order valence-electron chi connectivity index (χ1n) is 7.04. The fraction of sp³-hybridized carbons (Fsp3) is 0.176. The molecule has 0 unspecified atom stereocenters. The number of hydrogen-bond donors (Lipinski definition) is 1. The Balaban J connectivity index is 2.03. The first-order chi connectivity index (χ1) is 10.4. The largest absolute Gasteiger partial charge is 0.312 e. The van der Waals surface area contributed by atoms with Crippen molar-refractivity contribution in [2.75, 3.05) is 6.54 Å². The summed E-state index contributed by atoms with van der Waals surface area (Å²) in [6, 6.07) is 14.4. The van der Waals surface area contributed by atoms with Crippen molar-refractivity contribution in [3.63, 3.8) is 0 Å². The lowest BCUT2D eigenvalue weighted by Gasteiger charge is -2.02. The monoisotopic (exact) mass is 295 g/mol. The molecule has 0 saturated carbocycles. The van der Waals surface area contributed by atoms with E-state index in [9.17, 15) is 0 Å². The van der Waals surface area contributed by atoms with Crippen molar-refractivity contribution in [2.24, 2.45) is 0 Å². The highest BCUT2D eigenvalue weighted by Gasteiger charge is 2.13. The number of thiazole rings is 1. The summed E-state index contributed by atoms with van der Waals surface area (Å²) < 4.78 is 0. The zero-order chi connectivity index (χ0) is 14.5. The summed E-state index contributed by atoms with van der Waals surface area (Å²) in [6.45, 7) is 3.92. The maximum Gasteiger partial charge on any atom is 0.124 e. The van der Waals surface area contributed by atoms with Gasteiger partial charge in [-0.25, -0.2) is 4.98 Å². The highest BCUT2D eigenvalue weighted by Crippen LogP contribution is 2.33. The average molecular weight is 295 g/mol. The molecule has 1 aromatic carbocycles. The number of hydrogen-bond acceptors (Lipinski definition) is 4. The molecule has 0 aliphatic rings. The van der Waals surface area contributed by atoms with Crippen LogP contribution in [0.3, 0.4) is 0 Å². The molecule has 0 spiro atoms. The van der Waals surface area contributed by atoms with Crippen LogP contribution in [-0.4, -0.2) is 16.5 Å². The maximum absolute atomic E-state index is 4.85. The van der Waals surface area contributed by atoms with Gasteiger partial charge in [-0.2, -0.15) is 0 Å². The van der Waals surface area contributed by atoms with Crippen molar-refractivity contribution in [1.82, 2.24) is 15.3 Å². The molecule has 0 bridgehead atoms. The van der Waals surface area contributed by atoms with Crippen molar-refractivity contribution in [2.45, 2.75) is 13.5 Å². The molecule has 2 aromatic heterocycles. The summed E-state index contributed by atoms with van der Waals surface area (Å²) in [5, 5.41) is 4.44. The lowest BCUT2D eigenvalue weighted by atomic mass is 10.1. The van der Waals surface area contributed by atoms with Crippen LogP contribution in [-0.2, 0) is 6.54 Å². The quantitative estimate of drug-likeness (QED) is 0.773. The van der Waals surface area contributed by atoms with Crippen molar-refractivity contribution in [1.29, 1.82) is 0 Å². The molecule has 0 amide bonds. The first-order valence-corrected chi connectivity index (χ1v) is 7.86. The van der Waals surface area contributed by atoms with E-state index >= 15 is 0 Å². The molecule has 0 aliphatic heterocycles. The first kappa shape index (κ1) is 13.9. The minimum Gasteiger partial charge on any atom is -0.312 e. The van der Waals surface area contributed by atoms with Crippen LogP contribution in [0.1, 0.15) is 11.8 Å². The Bertz CT molecular complexity index is 693. The molecule has 2 heterocycles. The molecule has 3 aromatic rings. The van der Waals surface area contributed by atoms with Crippen LogP contribution in [0, 0.1) is 0 Å². The smallest absolute Gasteiger partial charge is 0.124 e. The highest BCUT2D eigenvalue weighted by molar-refractivity contribution is 7.15. The predicted octanol–water partition coefficient (Wildman–Crippen LogP) is 3.98. The fourth-order valence-corrected chi connectivity index (χ4v) is 3.21. The predicted molar refractivity (Wildman–Crippen MR) is 88.2 cm³/mol. The summed E-state index contributed by atoms with van der Waals surface area (Å²) in [4.78, 5) is 10.2. The van der Waals surface area contributed by atoms with E-state index in [1.807, 2.05) is 30.6 Å². The third kappa shape index (κ3) is 3.17. The van der Waals surface area contributed by atoms with E-state index < -0.39 is 0 Å². The van der Waals surface area contributed by atoms with Gasteiger partial charge in [0.05, 0.1) is 5.69 Å². The fourth-order valence-electron chi connectivity index (χ4n) is 2.15. The summed E-state index contributed by atoms with van der Waals surface area (Å²) >= 11 is 1.75. The third-order valence-electron chi connectivity index (χ3n) is 3.21. The molecule has 106 valence electrons. The highest BCUT2D eigenvalue weighted by atomic mass is 32.1. The van der Waals surface area contributed by atoms with E-state index in [1.165, 1.54) is 10.4 Å². The topological polar surface area (TPSA) is 37.8 Å². The Labute approximate surface area is 128 Å². The van der Waals surface area contributed by atoms with Gasteiger partial charge in [0.1, 0.15) is 5.01 Å². The molecule has 0 radical (unpaired) electrons. The van der Waals surface area contributed by atoms with E-state index in [1.54, 1.807) is 11.3 Å². The minimum atomic E-state index is 0.851. The summed E-state index contributed by atoms with van der Waals surface area (Å²) in [6.07, 6.45) is 3.62. The van der Waals surface area contributed by atoms with Gasteiger partial charge < -0.3 is 5.32 Å². The Morgan fingerprint density at radius 2 is 1.76 bits per heavy atom. The molecule has 1 N–H and O–H groups in total. The Kier molecular flexibility index (Phi) is 4.38. The maximum atomic E-state index is 4.85. The Hall–Kier alpha value is -2.04. The van der Waals surface area contributed by atoms with Crippen LogP contribution < -0.4 is 5.32 Å². The van der Waals surface area contributed by atoms with Crippen molar-refractivity contribution < 1.29 is 0 Å². The van der Waals surface area contributed by atoms with Gasteiger partial charge in [-0.15, -0.1) is 11.3 Å². The lowest BCUT2D eigenvalue weighted by Crippen LogP contribution is -2.11. The van der Waals surface area contributed by atoms with Crippen molar-refractivity contribution in [3.05, 3.63) is 59.7 Å². The van der Waals surface area contributed by atoms with Gasteiger partial charge in [-0.1, -0.05) is 37.3 Å². The number of aromatic nitrogens is 2. The summed E-state index contributed by atoms with van der Waals surface area (Å²) in [7, 11) is 0. The molecular formula is C17H17N3S. The average Bonchev–Trinajstić information content (AvgIpc) is 2.99. The second-order valence-electron chi connectivity index (χ2n) is 4.67. The van der Waals surface area contributed by atoms with Crippen LogP contribution in [0.5, 0.6) is 0 Å². The number of pyridine rings is 1. The van der Waals surface area contributed by atoms with E-state index in [0.29, 0.717) is 0 Å². The molecule has 0 aliphatic carbocycles. The van der Waals surface area contributed by atoms with Crippen LogP contribution in [0.4, 0.5) is 0 Å². The summed E-state index contributed by atoms with van der Waals surface area (Å²) in [5.74, 6) is 0. The van der Waals surface area contributed by atoms with Crippen molar-refractivity contribution in [3.8, 4) is 21.8 Å². The standard InChI is InChI=1S/C17H17N3S/c1-2-18-12-15-16(13-6-4-3-5-7-13)20-17(21-15)14-8-10-19-11-9-14/h3-11,18H,2,12H2,1H3. The molecule has 4 heteroatoms. The van der Waals surface area contributed by atoms with E-state index in [0.717, 1.165) is 29.4 Å². The number of benzene rings is 1. The van der Waals surface area contributed by atoms with E-state index in [-0.39, 0.29) is 0 Å². The number of nitrogens with zero attached hydrogens (tertiary/aromatic N) is 2. The Morgan fingerprint density at radius 1 is 1.00 bits per heavy atom. The lowest BCUT2D eigenvalue weighted by molar-refractivity contribution is 0.735. The number of rotatable bonds is 5. The van der Waals surface area contributed by atoms with Gasteiger partial charge in [-0.05, 0) is 18.7 Å². The van der Waals surface area contributed by atoms with Crippen LogP contribution >= 0.6 is 11.3 Å². The van der Waals surface area contributed by atoms with E-state index in [2.05, 4.69) is 41.5 Å². The second-order valence-corrected chi connectivity index (χ2v) is 5.76. The van der Waals surface area contributed by atoms with Crippen LogP contribution in [0.15, 0.2) is 54.9 Å². The molecule has 0 atom stereocenters. The van der Waals surface area contributed by atoms with Gasteiger partial charge >= 0.3 is 0 Å². The SMILES string of the molecule is CCNCc1sc(-c2ccncc2)nc1-c1ccccc1. The summed E-state index contributed by atoms with van der Waals surface area (Å²) in [5.41, 5.74) is 3.37. The normalized spacial score (nSPS) is 10.7. The molecule has 3 nitrogen and oxygen atoms in total. The third-order valence-corrected chi connectivity index (χ3v) is 4.31. The van der Waals surface area contributed by atoms with Gasteiger partial charge in [0.25, 0.3) is 0 Å². The molecule has 3 rings (SSSR count). The molecule has 0 fully saturated rings. The molecule has 21 heavy (non-hydrogen) atoms. The van der Waals surface area contributed by atoms with Gasteiger partial charge in [0, 0.05) is 34.9 Å². The number of nitrogens with one attached hydrogen (secondary N) is 1. The van der Waals surface area contributed by atoms with Crippen LogP contribution in [0.2, 0.25) is 0 Å². The zero-order valence-corrected chi connectivity index (χ0v) is 12.7. The van der Waals surface area contributed by atoms with Crippen molar-refractivity contribution >= 4 is 11.3 Å². The molecule has 0 saturated heterocycles. The second kappa shape index (κ2) is 6.61. The minimum absolute atomic E-state index is 0.851. The van der Waals surface area contributed by atoms with Gasteiger partial charge in [-0.3, -0.25) is 4.98 Å². The van der Waals surface area contributed by atoms with E-state index in [4.69, 9.17) is 4.98 Å². The van der Waals surface area contributed by atoms with Gasteiger partial charge in [0.15, 0.2) is 0 Å². The zero-order valence-electron chi connectivity index (χ0n) is 11.9.